The van der Waals surface area contributed by atoms with Crippen LogP contribution in [-0.4, -0.2) is 47.9 Å². The zero-order valence-corrected chi connectivity index (χ0v) is 15.2. The number of nitrogens with zero attached hydrogens (tertiary/aromatic N) is 3. The van der Waals surface area contributed by atoms with Gasteiger partial charge in [-0.25, -0.2) is 4.99 Å². The Kier molecular flexibility index (Phi) is 7.85. The van der Waals surface area contributed by atoms with E-state index < -0.39 is 4.92 Å². The van der Waals surface area contributed by atoms with Crippen LogP contribution in [0.3, 0.4) is 0 Å². The lowest BCUT2D eigenvalue weighted by molar-refractivity contribution is -0.384. The summed E-state index contributed by atoms with van der Waals surface area (Å²) in [6.07, 6.45) is 3.50. The molecule has 1 fully saturated rings. The second-order valence-corrected chi connectivity index (χ2v) is 6.28. The summed E-state index contributed by atoms with van der Waals surface area (Å²) in [5.74, 6) is 0.971. The average Bonchev–Trinajstić information content (AvgIpc) is 3.05. The molecule has 0 aromatic heterocycles. The van der Waals surface area contributed by atoms with Crippen molar-refractivity contribution in [3.8, 4) is 0 Å². The molecule has 1 saturated heterocycles. The number of nitrogens with one attached hydrogen (secondary N) is 2. The van der Waals surface area contributed by atoms with Gasteiger partial charge < -0.3 is 15.5 Å². The number of hydrogen-bond donors (Lipinski definition) is 2. The molecule has 2 rings (SSSR count). The van der Waals surface area contributed by atoms with E-state index in [0.717, 1.165) is 57.0 Å². The lowest BCUT2D eigenvalue weighted by Gasteiger charge is -2.16. The minimum Gasteiger partial charge on any atom is -0.356 e. The van der Waals surface area contributed by atoms with E-state index in [1.165, 1.54) is 12.1 Å². The number of aliphatic imine (C=N–C) groups is 1. The minimum absolute atomic E-state index is 0.0802. The van der Waals surface area contributed by atoms with E-state index in [1.54, 1.807) is 12.1 Å². The Labute approximate surface area is 153 Å². The number of hydrogen-bond acceptors (Lipinski definition) is 4. The van der Waals surface area contributed by atoms with Crippen LogP contribution in [0.25, 0.3) is 0 Å². The molecule has 8 heteroatoms. The molecule has 0 bridgehead atoms. The zero-order chi connectivity index (χ0) is 18.8. The number of nitro benzene ring substituents is 1. The van der Waals surface area contributed by atoms with Gasteiger partial charge in [-0.05, 0) is 24.8 Å². The van der Waals surface area contributed by atoms with Crippen LogP contribution >= 0.6 is 0 Å². The number of rotatable bonds is 9. The molecule has 0 aliphatic carbocycles. The van der Waals surface area contributed by atoms with Crippen LogP contribution in [0.2, 0.25) is 0 Å². The monoisotopic (exact) mass is 361 g/mol. The number of guanidine groups is 1. The van der Waals surface area contributed by atoms with Crippen molar-refractivity contribution in [2.24, 2.45) is 4.99 Å². The molecule has 26 heavy (non-hydrogen) atoms. The highest BCUT2D eigenvalue weighted by Gasteiger charge is 2.18. The molecule has 8 nitrogen and oxygen atoms in total. The van der Waals surface area contributed by atoms with Crippen molar-refractivity contribution in [3.05, 3.63) is 39.9 Å². The predicted molar refractivity (Wildman–Crippen MR) is 101 cm³/mol. The fourth-order valence-corrected chi connectivity index (χ4v) is 2.73. The van der Waals surface area contributed by atoms with E-state index in [-0.39, 0.29) is 11.6 Å². The highest BCUT2D eigenvalue weighted by atomic mass is 16.6. The van der Waals surface area contributed by atoms with E-state index in [9.17, 15) is 14.9 Å². The van der Waals surface area contributed by atoms with E-state index in [0.29, 0.717) is 13.0 Å². The summed E-state index contributed by atoms with van der Waals surface area (Å²) in [4.78, 5) is 28.3. The van der Waals surface area contributed by atoms with Gasteiger partial charge in [-0.2, -0.15) is 0 Å². The van der Waals surface area contributed by atoms with Crippen LogP contribution in [0.15, 0.2) is 29.3 Å². The molecule has 2 N–H and O–H groups in total. The molecule has 142 valence electrons. The minimum atomic E-state index is -0.409. The third-order valence-electron chi connectivity index (χ3n) is 4.18. The van der Waals surface area contributed by atoms with Crippen molar-refractivity contribution >= 4 is 17.6 Å². The maximum Gasteiger partial charge on any atom is 0.269 e. The molecule has 1 aliphatic rings. The van der Waals surface area contributed by atoms with Crippen molar-refractivity contribution in [1.29, 1.82) is 0 Å². The summed E-state index contributed by atoms with van der Waals surface area (Å²) in [6.45, 7) is 5.72. The summed E-state index contributed by atoms with van der Waals surface area (Å²) in [5, 5.41) is 17.2. The molecule has 1 aromatic carbocycles. The van der Waals surface area contributed by atoms with E-state index in [4.69, 9.17) is 0 Å². The smallest absolute Gasteiger partial charge is 0.269 e. The molecule has 0 unspecified atom stereocenters. The second-order valence-electron chi connectivity index (χ2n) is 6.28. The van der Waals surface area contributed by atoms with E-state index in [1.807, 2.05) is 4.90 Å². The van der Waals surface area contributed by atoms with Crippen LogP contribution < -0.4 is 10.6 Å². The molecule has 0 radical (unpaired) electrons. The first-order valence-electron chi connectivity index (χ1n) is 9.13. The number of non-ortho nitro benzene ring substituents is 1. The van der Waals surface area contributed by atoms with Crippen LogP contribution in [-0.2, 0) is 11.3 Å². The molecule has 1 amide bonds. The summed E-state index contributed by atoms with van der Waals surface area (Å²) >= 11 is 0. The summed E-state index contributed by atoms with van der Waals surface area (Å²) in [5.41, 5.74) is 0.993. The fourth-order valence-electron chi connectivity index (χ4n) is 2.73. The van der Waals surface area contributed by atoms with Crippen molar-refractivity contribution in [2.45, 2.75) is 39.2 Å². The number of benzene rings is 1. The first-order valence-corrected chi connectivity index (χ1v) is 9.13. The summed E-state index contributed by atoms with van der Waals surface area (Å²) < 4.78 is 0. The lowest BCUT2D eigenvalue weighted by atomic mass is 10.2. The second kappa shape index (κ2) is 10.4. The molecule has 0 atom stereocenters. The van der Waals surface area contributed by atoms with Crippen molar-refractivity contribution in [3.63, 3.8) is 0 Å². The quantitative estimate of drug-likeness (QED) is 0.231. The SMILES string of the molecule is CCCNC(=NCc1ccc([N+](=O)[O-])cc1)NCCCN1CCCC1=O. The number of carbonyl (C=O) groups excluding carboxylic acids is 1. The largest absolute Gasteiger partial charge is 0.356 e. The van der Waals surface area contributed by atoms with Crippen LogP contribution in [0.1, 0.15) is 38.2 Å². The van der Waals surface area contributed by atoms with Gasteiger partial charge in [-0.3, -0.25) is 14.9 Å². The van der Waals surface area contributed by atoms with Crippen LogP contribution in [0.4, 0.5) is 5.69 Å². The number of amides is 1. The normalized spacial score (nSPS) is 14.6. The number of carbonyl (C=O) groups is 1. The number of nitro groups is 1. The van der Waals surface area contributed by atoms with E-state index >= 15 is 0 Å². The summed E-state index contributed by atoms with van der Waals surface area (Å²) in [6, 6.07) is 6.42. The highest BCUT2D eigenvalue weighted by Crippen LogP contribution is 2.12. The van der Waals surface area contributed by atoms with Crippen LogP contribution in [0, 0.1) is 10.1 Å². The van der Waals surface area contributed by atoms with Crippen molar-refractivity contribution in [1.82, 2.24) is 15.5 Å². The Morgan fingerprint density at radius 2 is 2.00 bits per heavy atom. The van der Waals surface area contributed by atoms with Gasteiger partial charge >= 0.3 is 0 Å². The standard InChI is InChI=1S/C18H27N5O3/c1-2-10-19-18(20-11-4-13-22-12-3-5-17(22)24)21-14-15-6-8-16(9-7-15)23(25)26/h6-9H,2-5,10-14H2,1H3,(H2,19,20,21). The van der Waals surface area contributed by atoms with Gasteiger partial charge in [0.25, 0.3) is 5.69 Å². The zero-order valence-electron chi connectivity index (χ0n) is 15.2. The van der Waals surface area contributed by atoms with Crippen molar-refractivity contribution < 1.29 is 9.72 Å². The average molecular weight is 361 g/mol. The van der Waals surface area contributed by atoms with Gasteiger partial charge in [0.2, 0.25) is 5.91 Å². The van der Waals surface area contributed by atoms with Gasteiger partial charge in [0.1, 0.15) is 0 Å². The van der Waals surface area contributed by atoms with Crippen molar-refractivity contribution in [2.75, 3.05) is 26.2 Å². The van der Waals surface area contributed by atoms with Gasteiger partial charge in [-0.1, -0.05) is 19.1 Å². The Morgan fingerprint density at radius 3 is 2.62 bits per heavy atom. The molecule has 1 aliphatic heterocycles. The number of likely N-dealkylation sites (tertiary alicyclic amines) is 1. The fraction of sp³-hybridized carbons (Fsp3) is 0.556. The van der Waals surface area contributed by atoms with Gasteiger partial charge in [0.05, 0.1) is 11.5 Å². The highest BCUT2D eigenvalue weighted by molar-refractivity contribution is 5.80. The Morgan fingerprint density at radius 1 is 1.27 bits per heavy atom. The Balaban J connectivity index is 1.81. The Hall–Kier alpha value is -2.64. The molecular weight excluding hydrogens is 334 g/mol. The molecule has 1 aromatic rings. The Bertz CT molecular complexity index is 630. The molecule has 0 spiro atoms. The van der Waals surface area contributed by atoms with E-state index in [2.05, 4.69) is 22.5 Å². The lowest BCUT2D eigenvalue weighted by Crippen LogP contribution is -2.39. The van der Waals surface area contributed by atoms with Gasteiger partial charge in [-0.15, -0.1) is 0 Å². The van der Waals surface area contributed by atoms with Gasteiger partial charge in [0.15, 0.2) is 5.96 Å². The third-order valence-corrected chi connectivity index (χ3v) is 4.18. The maximum atomic E-state index is 11.6. The first-order chi connectivity index (χ1) is 12.6. The topological polar surface area (TPSA) is 99.9 Å². The third kappa shape index (κ3) is 6.34. The maximum absolute atomic E-state index is 11.6. The van der Waals surface area contributed by atoms with Crippen LogP contribution in [0.5, 0.6) is 0 Å². The van der Waals surface area contributed by atoms with Gasteiger partial charge in [0, 0.05) is 44.7 Å². The molecule has 1 heterocycles. The molecular formula is C18H27N5O3. The summed E-state index contributed by atoms with van der Waals surface area (Å²) in [7, 11) is 0. The predicted octanol–water partition coefficient (Wildman–Crippen LogP) is 2.05. The molecule has 0 saturated carbocycles. The first kappa shape index (κ1) is 19.7.